The largest absolute Gasteiger partial charge is 0.336 e. The summed E-state index contributed by atoms with van der Waals surface area (Å²) in [5.41, 5.74) is 7.21. The van der Waals surface area contributed by atoms with Crippen molar-refractivity contribution in [2.24, 2.45) is 5.73 Å². The molecule has 1 unspecified atom stereocenters. The van der Waals surface area contributed by atoms with Crippen molar-refractivity contribution >= 4 is 29.9 Å². The quantitative estimate of drug-likeness (QED) is 0.928. The monoisotopic (exact) mass is 316 g/mol. The van der Waals surface area contributed by atoms with Gasteiger partial charge in [0.1, 0.15) is 0 Å². The fourth-order valence-corrected chi connectivity index (χ4v) is 2.93. The molecule has 0 spiro atoms. The number of nitrogens with two attached hydrogens (primary N) is 1. The van der Waals surface area contributed by atoms with Crippen LogP contribution in [-0.4, -0.2) is 29.9 Å². The SMILES string of the molecule is Cc1cccc(C(=O)N2CCCCC2CCN)c1Cl.Cl. The van der Waals surface area contributed by atoms with Crippen molar-refractivity contribution in [3.63, 3.8) is 0 Å². The van der Waals surface area contributed by atoms with Crippen LogP contribution >= 0.6 is 24.0 Å². The van der Waals surface area contributed by atoms with Gasteiger partial charge in [0, 0.05) is 12.6 Å². The Hall–Kier alpha value is -0.770. The Kier molecular flexibility index (Phi) is 6.80. The van der Waals surface area contributed by atoms with Gasteiger partial charge >= 0.3 is 0 Å². The Morgan fingerprint density at radius 2 is 2.20 bits per heavy atom. The summed E-state index contributed by atoms with van der Waals surface area (Å²) in [5, 5.41) is 0.574. The molecule has 20 heavy (non-hydrogen) atoms. The van der Waals surface area contributed by atoms with E-state index in [4.69, 9.17) is 17.3 Å². The number of halogens is 2. The first-order chi connectivity index (χ1) is 9.15. The van der Waals surface area contributed by atoms with Gasteiger partial charge in [-0.1, -0.05) is 23.7 Å². The summed E-state index contributed by atoms with van der Waals surface area (Å²) in [6.07, 6.45) is 4.16. The lowest BCUT2D eigenvalue weighted by Gasteiger charge is -2.36. The fraction of sp³-hybridized carbons (Fsp3) is 0.533. The highest BCUT2D eigenvalue weighted by Gasteiger charge is 2.28. The molecule has 112 valence electrons. The lowest BCUT2D eigenvalue weighted by molar-refractivity contribution is 0.0605. The Morgan fingerprint density at radius 3 is 2.90 bits per heavy atom. The molecule has 1 amide bonds. The Labute approximate surface area is 131 Å². The van der Waals surface area contributed by atoms with Crippen LogP contribution in [0.5, 0.6) is 0 Å². The van der Waals surface area contributed by atoms with Crippen LogP contribution in [0.2, 0.25) is 5.02 Å². The van der Waals surface area contributed by atoms with Crippen molar-refractivity contribution in [2.45, 2.75) is 38.6 Å². The van der Waals surface area contributed by atoms with Gasteiger partial charge < -0.3 is 10.6 Å². The van der Waals surface area contributed by atoms with Gasteiger partial charge in [-0.2, -0.15) is 0 Å². The van der Waals surface area contributed by atoms with E-state index < -0.39 is 0 Å². The number of amides is 1. The molecule has 0 saturated carbocycles. The molecule has 1 fully saturated rings. The van der Waals surface area contributed by atoms with Crippen LogP contribution in [0.1, 0.15) is 41.6 Å². The number of hydrogen-bond donors (Lipinski definition) is 1. The van der Waals surface area contributed by atoms with E-state index in [0.717, 1.165) is 31.4 Å². The molecule has 0 aromatic heterocycles. The highest BCUT2D eigenvalue weighted by atomic mass is 35.5. The van der Waals surface area contributed by atoms with E-state index in [1.165, 1.54) is 6.42 Å². The number of benzene rings is 1. The van der Waals surface area contributed by atoms with Crippen LogP contribution in [0.15, 0.2) is 18.2 Å². The van der Waals surface area contributed by atoms with Gasteiger partial charge in [0.25, 0.3) is 5.91 Å². The minimum absolute atomic E-state index is 0. The van der Waals surface area contributed by atoms with Crippen LogP contribution < -0.4 is 5.73 Å². The number of carbonyl (C=O) groups is 1. The van der Waals surface area contributed by atoms with Crippen LogP contribution in [0.25, 0.3) is 0 Å². The molecule has 1 aliphatic heterocycles. The maximum atomic E-state index is 12.7. The van der Waals surface area contributed by atoms with Crippen LogP contribution in [0, 0.1) is 6.92 Å². The summed E-state index contributed by atoms with van der Waals surface area (Å²) < 4.78 is 0. The topological polar surface area (TPSA) is 46.3 Å². The Bertz CT molecular complexity index is 463. The number of nitrogens with zero attached hydrogens (tertiary/aromatic N) is 1. The molecule has 1 aliphatic rings. The molecular formula is C15H22Cl2N2O. The standard InChI is InChI=1S/C15H21ClN2O.ClH/c1-11-5-4-7-13(14(11)16)15(19)18-10-3-2-6-12(18)8-9-17;/h4-5,7,12H,2-3,6,8-10,17H2,1H3;1H. The van der Waals surface area contributed by atoms with Crippen molar-refractivity contribution in [1.29, 1.82) is 0 Å². The van der Waals surface area contributed by atoms with E-state index in [0.29, 0.717) is 17.1 Å². The van der Waals surface area contributed by atoms with E-state index in [9.17, 15) is 4.79 Å². The average Bonchev–Trinajstić information content (AvgIpc) is 2.42. The number of aryl methyl sites for hydroxylation is 1. The van der Waals surface area contributed by atoms with Gasteiger partial charge in [-0.05, 0) is 50.8 Å². The third-order valence-corrected chi connectivity index (χ3v) is 4.31. The number of hydrogen-bond acceptors (Lipinski definition) is 2. The fourth-order valence-electron chi connectivity index (χ4n) is 2.73. The van der Waals surface area contributed by atoms with Crippen molar-refractivity contribution in [3.8, 4) is 0 Å². The molecule has 1 atom stereocenters. The zero-order valence-corrected chi connectivity index (χ0v) is 13.3. The smallest absolute Gasteiger partial charge is 0.255 e. The maximum Gasteiger partial charge on any atom is 0.255 e. The van der Waals surface area contributed by atoms with Crippen molar-refractivity contribution < 1.29 is 4.79 Å². The summed E-state index contributed by atoms with van der Waals surface area (Å²) in [6, 6.07) is 5.89. The van der Waals surface area contributed by atoms with E-state index in [1.807, 2.05) is 30.0 Å². The second kappa shape index (κ2) is 7.87. The summed E-state index contributed by atoms with van der Waals surface area (Å²) in [4.78, 5) is 14.6. The Balaban J connectivity index is 0.00000200. The highest BCUT2D eigenvalue weighted by Crippen LogP contribution is 2.26. The summed E-state index contributed by atoms with van der Waals surface area (Å²) in [7, 11) is 0. The normalized spacial score (nSPS) is 18.6. The number of carbonyl (C=O) groups excluding carboxylic acids is 1. The molecule has 3 nitrogen and oxygen atoms in total. The molecule has 5 heteroatoms. The molecule has 1 aromatic rings. The lowest BCUT2D eigenvalue weighted by atomic mass is 9.98. The summed E-state index contributed by atoms with van der Waals surface area (Å²) in [6.45, 7) is 3.36. The average molecular weight is 317 g/mol. The second-order valence-electron chi connectivity index (χ2n) is 5.16. The predicted molar refractivity (Wildman–Crippen MR) is 85.8 cm³/mol. The predicted octanol–water partition coefficient (Wildman–Crippen LogP) is 3.41. The van der Waals surface area contributed by atoms with Crippen LogP contribution in [0.4, 0.5) is 0 Å². The van der Waals surface area contributed by atoms with Gasteiger partial charge in [-0.15, -0.1) is 12.4 Å². The summed E-state index contributed by atoms with van der Waals surface area (Å²) in [5.74, 6) is 0.0480. The molecular weight excluding hydrogens is 295 g/mol. The minimum atomic E-state index is 0. The highest BCUT2D eigenvalue weighted by molar-refractivity contribution is 6.34. The lowest BCUT2D eigenvalue weighted by Crippen LogP contribution is -2.44. The minimum Gasteiger partial charge on any atom is -0.336 e. The molecule has 1 saturated heterocycles. The number of likely N-dealkylation sites (tertiary alicyclic amines) is 1. The van der Waals surface area contributed by atoms with Crippen molar-refractivity contribution in [3.05, 3.63) is 34.3 Å². The molecule has 2 rings (SSSR count). The first kappa shape index (κ1) is 17.3. The molecule has 0 radical (unpaired) electrons. The molecule has 2 N–H and O–H groups in total. The van der Waals surface area contributed by atoms with Crippen LogP contribution in [0.3, 0.4) is 0 Å². The van der Waals surface area contributed by atoms with E-state index in [1.54, 1.807) is 0 Å². The van der Waals surface area contributed by atoms with E-state index >= 15 is 0 Å². The second-order valence-corrected chi connectivity index (χ2v) is 5.54. The third-order valence-electron chi connectivity index (χ3n) is 3.81. The molecule has 0 aliphatic carbocycles. The molecule has 1 heterocycles. The zero-order valence-electron chi connectivity index (χ0n) is 11.8. The molecule has 1 aromatic carbocycles. The van der Waals surface area contributed by atoms with E-state index in [-0.39, 0.29) is 24.4 Å². The van der Waals surface area contributed by atoms with Gasteiger partial charge in [0.15, 0.2) is 0 Å². The van der Waals surface area contributed by atoms with Gasteiger partial charge in [-0.25, -0.2) is 0 Å². The maximum absolute atomic E-state index is 12.7. The first-order valence-electron chi connectivity index (χ1n) is 6.91. The van der Waals surface area contributed by atoms with Gasteiger partial charge in [-0.3, -0.25) is 4.79 Å². The zero-order chi connectivity index (χ0) is 13.8. The first-order valence-corrected chi connectivity index (χ1v) is 7.29. The molecule has 0 bridgehead atoms. The number of piperidine rings is 1. The van der Waals surface area contributed by atoms with Crippen molar-refractivity contribution in [2.75, 3.05) is 13.1 Å². The van der Waals surface area contributed by atoms with Crippen LogP contribution in [-0.2, 0) is 0 Å². The third kappa shape index (κ3) is 3.66. The summed E-state index contributed by atoms with van der Waals surface area (Å²) >= 11 is 6.26. The number of rotatable bonds is 3. The van der Waals surface area contributed by atoms with Gasteiger partial charge in [0.05, 0.1) is 10.6 Å². The van der Waals surface area contributed by atoms with E-state index in [2.05, 4.69) is 0 Å². The Morgan fingerprint density at radius 1 is 1.45 bits per heavy atom. The van der Waals surface area contributed by atoms with Gasteiger partial charge in [0.2, 0.25) is 0 Å². The van der Waals surface area contributed by atoms with Crippen molar-refractivity contribution in [1.82, 2.24) is 4.90 Å².